The van der Waals surface area contributed by atoms with Gasteiger partial charge >= 0.3 is 0 Å². The minimum atomic E-state index is 0.0828. The monoisotopic (exact) mass is 455 g/mol. The lowest BCUT2D eigenvalue weighted by Crippen LogP contribution is -2.53. The van der Waals surface area contributed by atoms with Crippen molar-refractivity contribution in [1.82, 2.24) is 14.7 Å². The maximum absolute atomic E-state index is 13.1. The van der Waals surface area contributed by atoms with Crippen LogP contribution in [0, 0.1) is 5.92 Å². The Morgan fingerprint density at radius 3 is 2.30 bits per heavy atom. The molecule has 1 aromatic carbocycles. The number of piperidine rings is 2. The predicted molar refractivity (Wildman–Crippen MR) is 130 cm³/mol. The highest BCUT2D eigenvalue weighted by Crippen LogP contribution is 2.30. The number of rotatable bonds is 6. The molecule has 2 aliphatic heterocycles. The molecule has 0 aromatic heterocycles. The molecule has 1 aromatic rings. The van der Waals surface area contributed by atoms with Gasteiger partial charge in [-0.2, -0.15) is 0 Å². The van der Waals surface area contributed by atoms with E-state index in [1.807, 2.05) is 4.90 Å². The first-order valence-corrected chi connectivity index (χ1v) is 13.0. The maximum atomic E-state index is 13.1. The molecule has 33 heavy (non-hydrogen) atoms. The molecule has 182 valence electrons. The number of aryl methyl sites for hydroxylation is 1. The molecule has 1 atom stereocenters. The Labute approximate surface area is 198 Å². The number of hydrogen-bond acceptors (Lipinski definition) is 4. The van der Waals surface area contributed by atoms with Gasteiger partial charge in [-0.3, -0.25) is 14.5 Å². The molecular weight excluding hydrogens is 414 g/mol. The summed E-state index contributed by atoms with van der Waals surface area (Å²) in [6, 6.07) is 7.55. The van der Waals surface area contributed by atoms with Crippen LogP contribution in [-0.2, 0) is 29.0 Å². The van der Waals surface area contributed by atoms with Crippen molar-refractivity contribution in [1.29, 1.82) is 0 Å². The molecule has 1 N–H and O–H groups in total. The Kier molecular flexibility index (Phi) is 8.07. The van der Waals surface area contributed by atoms with Crippen LogP contribution < -0.4 is 0 Å². The average molecular weight is 456 g/mol. The van der Waals surface area contributed by atoms with Crippen LogP contribution in [0.3, 0.4) is 0 Å². The van der Waals surface area contributed by atoms with Crippen molar-refractivity contribution in [3.05, 3.63) is 34.9 Å². The van der Waals surface area contributed by atoms with Crippen molar-refractivity contribution in [2.45, 2.75) is 83.9 Å². The number of benzene rings is 1. The fourth-order valence-corrected chi connectivity index (χ4v) is 6.21. The zero-order valence-electron chi connectivity index (χ0n) is 20.5. The highest BCUT2D eigenvalue weighted by atomic mass is 16.3. The fourth-order valence-electron chi connectivity index (χ4n) is 6.21. The van der Waals surface area contributed by atoms with Crippen LogP contribution >= 0.6 is 0 Å². The molecule has 2 saturated heterocycles. The van der Waals surface area contributed by atoms with Gasteiger partial charge in [-0.25, -0.2) is 0 Å². The van der Waals surface area contributed by atoms with E-state index in [-0.39, 0.29) is 18.4 Å². The summed E-state index contributed by atoms with van der Waals surface area (Å²) in [6.07, 6.45) is 8.23. The van der Waals surface area contributed by atoms with E-state index in [1.54, 1.807) is 6.92 Å². The van der Waals surface area contributed by atoms with E-state index in [1.165, 1.54) is 17.5 Å². The quantitative estimate of drug-likeness (QED) is 0.716. The summed E-state index contributed by atoms with van der Waals surface area (Å²) in [7, 11) is 0. The Morgan fingerprint density at radius 2 is 1.67 bits per heavy atom. The van der Waals surface area contributed by atoms with Crippen molar-refractivity contribution in [2.24, 2.45) is 5.92 Å². The van der Waals surface area contributed by atoms with E-state index in [9.17, 15) is 14.7 Å². The minimum absolute atomic E-state index is 0.0828. The van der Waals surface area contributed by atoms with Gasteiger partial charge in [-0.1, -0.05) is 25.1 Å². The van der Waals surface area contributed by atoms with E-state index < -0.39 is 0 Å². The molecule has 6 nitrogen and oxygen atoms in total. The topological polar surface area (TPSA) is 64.1 Å². The van der Waals surface area contributed by atoms with Gasteiger partial charge in [0, 0.05) is 51.1 Å². The molecule has 2 heterocycles. The molecule has 0 saturated carbocycles. The van der Waals surface area contributed by atoms with Crippen LogP contribution in [0.25, 0.3) is 0 Å². The second-order valence-electron chi connectivity index (χ2n) is 10.2. The SMILES string of the molecule is CCCN(C1CCN(C(=O)C2CCN(C(C)=O)CC2)CC1)C1CCc2ccc(CO)cc2C1. The number of nitrogens with zero attached hydrogens (tertiary/aromatic N) is 3. The number of hydrogen-bond donors (Lipinski definition) is 1. The van der Waals surface area contributed by atoms with Crippen LogP contribution in [0.1, 0.15) is 69.1 Å². The van der Waals surface area contributed by atoms with E-state index in [2.05, 4.69) is 34.9 Å². The van der Waals surface area contributed by atoms with Crippen molar-refractivity contribution < 1.29 is 14.7 Å². The van der Waals surface area contributed by atoms with Gasteiger partial charge < -0.3 is 14.9 Å². The maximum Gasteiger partial charge on any atom is 0.225 e. The van der Waals surface area contributed by atoms with Crippen LogP contribution in [0.4, 0.5) is 0 Å². The zero-order chi connectivity index (χ0) is 23.4. The fraction of sp³-hybridized carbons (Fsp3) is 0.704. The minimum Gasteiger partial charge on any atom is -0.392 e. The number of aliphatic hydroxyl groups is 1. The molecule has 0 bridgehead atoms. The average Bonchev–Trinajstić information content (AvgIpc) is 2.86. The Balaban J connectivity index is 1.33. The molecule has 2 amide bonds. The Hall–Kier alpha value is -1.92. The molecule has 2 fully saturated rings. The van der Waals surface area contributed by atoms with Gasteiger partial charge in [0.15, 0.2) is 0 Å². The third kappa shape index (κ3) is 5.60. The smallest absolute Gasteiger partial charge is 0.225 e. The first-order chi connectivity index (χ1) is 16.0. The molecular formula is C27H41N3O3. The van der Waals surface area contributed by atoms with Crippen molar-refractivity contribution in [3.63, 3.8) is 0 Å². The van der Waals surface area contributed by atoms with Crippen LogP contribution in [-0.4, -0.2) is 76.4 Å². The molecule has 1 unspecified atom stereocenters. The van der Waals surface area contributed by atoms with Crippen molar-refractivity contribution in [3.8, 4) is 0 Å². The van der Waals surface area contributed by atoms with Crippen LogP contribution in [0.5, 0.6) is 0 Å². The summed E-state index contributed by atoms with van der Waals surface area (Å²) in [5.74, 6) is 0.511. The predicted octanol–water partition coefficient (Wildman–Crippen LogP) is 3.00. The van der Waals surface area contributed by atoms with Crippen LogP contribution in [0.15, 0.2) is 18.2 Å². The van der Waals surface area contributed by atoms with E-state index in [0.29, 0.717) is 31.1 Å². The van der Waals surface area contributed by atoms with E-state index in [4.69, 9.17) is 0 Å². The lowest BCUT2D eigenvalue weighted by atomic mass is 9.85. The lowest BCUT2D eigenvalue weighted by Gasteiger charge is -2.44. The summed E-state index contributed by atoms with van der Waals surface area (Å²) >= 11 is 0. The summed E-state index contributed by atoms with van der Waals surface area (Å²) in [4.78, 5) is 31.4. The molecule has 4 rings (SSSR count). The normalized spacial score (nSPS) is 22.5. The lowest BCUT2D eigenvalue weighted by molar-refractivity contribution is -0.141. The number of carbonyl (C=O) groups is 2. The summed E-state index contributed by atoms with van der Waals surface area (Å²) in [6.45, 7) is 8.24. The number of amides is 2. The molecule has 6 heteroatoms. The first kappa shape index (κ1) is 24.2. The van der Waals surface area contributed by atoms with Gasteiger partial charge in [0.1, 0.15) is 0 Å². The second-order valence-corrected chi connectivity index (χ2v) is 10.2. The molecule has 1 aliphatic carbocycles. The van der Waals surface area contributed by atoms with Crippen molar-refractivity contribution in [2.75, 3.05) is 32.7 Å². The Bertz CT molecular complexity index is 826. The zero-order valence-corrected chi connectivity index (χ0v) is 20.5. The number of fused-ring (bicyclic) bond motifs is 1. The van der Waals surface area contributed by atoms with Gasteiger partial charge in [-0.15, -0.1) is 0 Å². The van der Waals surface area contributed by atoms with Gasteiger partial charge in [0.2, 0.25) is 11.8 Å². The summed E-state index contributed by atoms with van der Waals surface area (Å²) < 4.78 is 0. The Morgan fingerprint density at radius 1 is 0.970 bits per heavy atom. The number of likely N-dealkylation sites (tertiary alicyclic amines) is 2. The standard InChI is InChI=1S/C27H41N3O3/c1-3-12-30(26-7-6-22-5-4-21(19-31)17-24(22)18-26)25-10-15-29(16-11-25)27(33)23-8-13-28(14-9-23)20(2)32/h4-5,17,23,25-26,31H,3,6-16,18-19H2,1-2H3. The molecule has 0 radical (unpaired) electrons. The van der Waals surface area contributed by atoms with E-state index in [0.717, 1.165) is 70.1 Å². The number of aliphatic hydroxyl groups excluding tert-OH is 1. The summed E-state index contributed by atoms with van der Waals surface area (Å²) in [5, 5.41) is 9.54. The van der Waals surface area contributed by atoms with Gasteiger partial charge in [0.25, 0.3) is 0 Å². The molecule has 0 spiro atoms. The first-order valence-electron chi connectivity index (χ1n) is 13.0. The van der Waals surface area contributed by atoms with Gasteiger partial charge in [-0.05, 0) is 74.6 Å². The highest BCUT2D eigenvalue weighted by molar-refractivity contribution is 5.79. The van der Waals surface area contributed by atoms with Crippen molar-refractivity contribution >= 4 is 11.8 Å². The third-order valence-electron chi connectivity index (χ3n) is 8.14. The second kappa shape index (κ2) is 11.0. The van der Waals surface area contributed by atoms with E-state index >= 15 is 0 Å². The third-order valence-corrected chi connectivity index (χ3v) is 8.14. The molecule has 3 aliphatic rings. The highest BCUT2D eigenvalue weighted by Gasteiger charge is 2.35. The largest absolute Gasteiger partial charge is 0.392 e. The summed E-state index contributed by atoms with van der Waals surface area (Å²) in [5.41, 5.74) is 3.86. The van der Waals surface area contributed by atoms with Crippen LogP contribution in [0.2, 0.25) is 0 Å². The van der Waals surface area contributed by atoms with Gasteiger partial charge in [0.05, 0.1) is 6.61 Å². The number of carbonyl (C=O) groups excluding carboxylic acids is 2.